The molecule has 0 unspecified atom stereocenters. The molecule has 0 bridgehead atoms. The van der Waals surface area contributed by atoms with Crippen molar-refractivity contribution in [2.75, 3.05) is 7.11 Å². The molecular formula is C15H15BrN2O2. The molecule has 2 aromatic rings. The summed E-state index contributed by atoms with van der Waals surface area (Å²) in [6.45, 7) is 2.01. The number of ether oxygens (including phenoxy) is 2. The second-order valence-electron chi connectivity index (χ2n) is 4.92. The maximum absolute atomic E-state index is 5.85. The van der Waals surface area contributed by atoms with Crippen molar-refractivity contribution in [3.8, 4) is 17.4 Å². The van der Waals surface area contributed by atoms with Gasteiger partial charge in [0.05, 0.1) is 7.11 Å². The summed E-state index contributed by atoms with van der Waals surface area (Å²) in [5.41, 5.74) is 1.12. The van der Waals surface area contributed by atoms with Gasteiger partial charge in [0.15, 0.2) is 11.5 Å². The van der Waals surface area contributed by atoms with E-state index in [0.717, 1.165) is 28.8 Å². The number of methoxy groups -OCH3 is 1. The van der Waals surface area contributed by atoms with Crippen molar-refractivity contribution in [1.82, 2.24) is 9.97 Å². The predicted molar refractivity (Wildman–Crippen MR) is 79.5 cm³/mol. The monoisotopic (exact) mass is 334 g/mol. The molecule has 0 N–H and O–H groups in total. The molecule has 3 rings (SSSR count). The van der Waals surface area contributed by atoms with Crippen LogP contribution in [0.15, 0.2) is 28.9 Å². The molecule has 1 saturated carbocycles. The second kappa shape index (κ2) is 5.40. The minimum Gasteiger partial charge on any atom is -0.493 e. The molecule has 5 heteroatoms. The Hall–Kier alpha value is -1.62. The molecule has 1 aromatic heterocycles. The zero-order valence-electron chi connectivity index (χ0n) is 11.4. The predicted octanol–water partition coefficient (Wildman–Crippen LogP) is 4.23. The molecule has 4 nitrogen and oxygen atoms in total. The third kappa shape index (κ3) is 2.93. The van der Waals surface area contributed by atoms with Gasteiger partial charge in [0.2, 0.25) is 5.88 Å². The van der Waals surface area contributed by atoms with E-state index in [9.17, 15) is 0 Å². The van der Waals surface area contributed by atoms with Crippen LogP contribution in [-0.2, 0) is 0 Å². The normalized spacial score (nSPS) is 14.2. The molecule has 0 saturated heterocycles. The summed E-state index contributed by atoms with van der Waals surface area (Å²) in [5, 5.41) is 0. The maximum atomic E-state index is 5.85. The zero-order chi connectivity index (χ0) is 14.1. The Bertz CT molecular complexity index is 642. The van der Waals surface area contributed by atoms with E-state index in [1.165, 1.54) is 0 Å². The molecule has 0 aliphatic heterocycles. The van der Waals surface area contributed by atoms with Gasteiger partial charge in [-0.25, -0.2) is 4.98 Å². The summed E-state index contributed by atoms with van der Waals surface area (Å²) in [4.78, 5) is 8.86. The first-order chi connectivity index (χ1) is 9.65. The van der Waals surface area contributed by atoms with E-state index in [4.69, 9.17) is 9.47 Å². The van der Waals surface area contributed by atoms with Crippen molar-refractivity contribution in [3.05, 3.63) is 40.3 Å². The standard InChI is InChI=1S/C15H15BrN2O2/c1-9-3-6-11(12(7-9)19-2)20-14-8-13(16)17-15(18-14)10-4-5-10/h3,6-8,10H,4-5H2,1-2H3. The van der Waals surface area contributed by atoms with E-state index in [0.29, 0.717) is 23.3 Å². The first-order valence-corrected chi connectivity index (χ1v) is 7.32. The molecule has 1 aliphatic carbocycles. The van der Waals surface area contributed by atoms with Gasteiger partial charge in [0, 0.05) is 12.0 Å². The molecule has 0 amide bonds. The van der Waals surface area contributed by atoms with Crippen molar-refractivity contribution < 1.29 is 9.47 Å². The highest BCUT2D eigenvalue weighted by atomic mass is 79.9. The smallest absolute Gasteiger partial charge is 0.223 e. The van der Waals surface area contributed by atoms with Crippen LogP contribution in [0, 0.1) is 6.92 Å². The summed E-state index contributed by atoms with van der Waals surface area (Å²) in [5.74, 6) is 3.23. The fourth-order valence-corrected chi connectivity index (χ4v) is 2.34. The van der Waals surface area contributed by atoms with Gasteiger partial charge in [-0.05, 0) is 53.4 Å². The minimum absolute atomic E-state index is 0.481. The van der Waals surface area contributed by atoms with Crippen LogP contribution >= 0.6 is 15.9 Å². The summed E-state index contributed by atoms with van der Waals surface area (Å²) in [6, 6.07) is 7.58. The molecule has 1 aliphatic rings. The molecule has 0 spiro atoms. The van der Waals surface area contributed by atoms with E-state index < -0.39 is 0 Å². The van der Waals surface area contributed by atoms with E-state index in [2.05, 4.69) is 25.9 Å². The Kier molecular flexibility index (Phi) is 3.61. The van der Waals surface area contributed by atoms with Gasteiger partial charge in [0.1, 0.15) is 10.4 Å². The number of hydrogen-bond donors (Lipinski definition) is 0. The summed E-state index contributed by atoms with van der Waals surface area (Å²) in [7, 11) is 1.63. The van der Waals surface area contributed by atoms with Gasteiger partial charge < -0.3 is 9.47 Å². The number of halogens is 1. The van der Waals surface area contributed by atoms with Gasteiger partial charge in [-0.2, -0.15) is 4.98 Å². The first-order valence-electron chi connectivity index (χ1n) is 6.52. The Balaban J connectivity index is 1.90. The van der Waals surface area contributed by atoms with Crippen molar-refractivity contribution >= 4 is 15.9 Å². The first kappa shape index (κ1) is 13.4. The molecule has 1 fully saturated rings. The average Bonchev–Trinajstić information content (AvgIpc) is 3.24. The van der Waals surface area contributed by atoms with Crippen LogP contribution < -0.4 is 9.47 Å². The molecule has 0 radical (unpaired) electrons. The third-order valence-electron chi connectivity index (χ3n) is 3.16. The van der Waals surface area contributed by atoms with Gasteiger partial charge in [-0.15, -0.1) is 0 Å². The maximum Gasteiger partial charge on any atom is 0.223 e. The van der Waals surface area contributed by atoms with E-state index in [-0.39, 0.29) is 0 Å². The molecule has 0 atom stereocenters. The lowest BCUT2D eigenvalue weighted by Crippen LogP contribution is -1.98. The van der Waals surface area contributed by atoms with Crippen molar-refractivity contribution in [1.29, 1.82) is 0 Å². The number of hydrogen-bond acceptors (Lipinski definition) is 4. The summed E-state index contributed by atoms with van der Waals surface area (Å²) < 4.78 is 11.9. The fraction of sp³-hybridized carbons (Fsp3) is 0.333. The summed E-state index contributed by atoms with van der Waals surface area (Å²) in [6.07, 6.45) is 2.31. The van der Waals surface area contributed by atoms with Crippen LogP contribution in [0.3, 0.4) is 0 Å². The molecule has 104 valence electrons. The highest BCUT2D eigenvalue weighted by molar-refractivity contribution is 9.10. The lowest BCUT2D eigenvalue weighted by Gasteiger charge is -2.11. The van der Waals surface area contributed by atoms with Crippen LogP contribution in [0.5, 0.6) is 17.4 Å². The number of benzene rings is 1. The van der Waals surface area contributed by atoms with E-state index >= 15 is 0 Å². The Morgan fingerprint density at radius 1 is 1.15 bits per heavy atom. The fourth-order valence-electron chi connectivity index (χ4n) is 1.96. The van der Waals surface area contributed by atoms with Gasteiger partial charge in [-0.3, -0.25) is 0 Å². The highest BCUT2D eigenvalue weighted by Gasteiger charge is 2.27. The minimum atomic E-state index is 0.481. The van der Waals surface area contributed by atoms with Gasteiger partial charge >= 0.3 is 0 Å². The van der Waals surface area contributed by atoms with Crippen LogP contribution in [-0.4, -0.2) is 17.1 Å². The summed E-state index contributed by atoms with van der Waals surface area (Å²) >= 11 is 3.41. The zero-order valence-corrected chi connectivity index (χ0v) is 13.0. The van der Waals surface area contributed by atoms with E-state index in [1.807, 2.05) is 25.1 Å². The van der Waals surface area contributed by atoms with Crippen LogP contribution in [0.1, 0.15) is 30.1 Å². The lowest BCUT2D eigenvalue weighted by atomic mass is 10.2. The van der Waals surface area contributed by atoms with Crippen molar-refractivity contribution in [3.63, 3.8) is 0 Å². The molecule has 1 heterocycles. The van der Waals surface area contributed by atoms with Gasteiger partial charge in [-0.1, -0.05) is 6.07 Å². The second-order valence-corrected chi connectivity index (χ2v) is 5.73. The topological polar surface area (TPSA) is 44.2 Å². The number of nitrogens with zero attached hydrogens (tertiary/aromatic N) is 2. The highest BCUT2D eigenvalue weighted by Crippen LogP contribution is 2.40. The molecule has 20 heavy (non-hydrogen) atoms. The van der Waals surface area contributed by atoms with Crippen molar-refractivity contribution in [2.45, 2.75) is 25.7 Å². The largest absolute Gasteiger partial charge is 0.493 e. The average molecular weight is 335 g/mol. The lowest BCUT2D eigenvalue weighted by molar-refractivity contribution is 0.373. The Labute approximate surface area is 126 Å². The quantitative estimate of drug-likeness (QED) is 0.785. The number of rotatable bonds is 4. The number of aryl methyl sites for hydroxylation is 1. The van der Waals surface area contributed by atoms with Crippen LogP contribution in [0.2, 0.25) is 0 Å². The SMILES string of the molecule is COc1cc(C)ccc1Oc1cc(Br)nc(C2CC2)n1. The Morgan fingerprint density at radius 3 is 2.65 bits per heavy atom. The number of aromatic nitrogens is 2. The molecular weight excluding hydrogens is 320 g/mol. The van der Waals surface area contributed by atoms with E-state index in [1.54, 1.807) is 13.2 Å². The van der Waals surface area contributed by atoms with Crippen molar-refractivity contribution in [2.24, 2.45) is 0 Å². The molecule has 1 aromatic carbocycles. The Morgan fingerprint density at radius 2 is 1.95 bits per heavy atom. The van der Waals surface area contributed by atoms with Crippen LogP contribution in [0.4, 0.5) is 0 Å². The van der Waals surface area contributed by atoms with Gasteiger partial charge in [0.25, 0.3) is 0 Å². The third-order valence-corrected chi connectivity index (χ3v) is 3.57. The van der Waals surface area contributed by atoms with Crippen LogP contribution in [0.25, 0.3) is 0 Å².